The molecule has 1 aromatic rings. The molecule has 24 heavy (non-hydrogen) atoms. The Labute approximate surface area is 144 Å². The van der Waals surface area contributed by atoms with E-state index in [0.29, 0.717) is 26.2 Å². The fourth-order valence-corrected chi connectivity index (χ4v) is 3.25. The van der Waals surface area contributed by atoms with Crippen molar-refractivity contribution in [1.82, 2.24) is 5.32 Å². The molecular weight excluding hydrogens is 304 g/mol. The molecule has 0 saturated heterocycles. The van der Waals surface area contributed by atoms with E-state index in [2.05, 4.69) is 5.32 Å². The van der Waals surface area contributed by atoms with E-state index in [0.717, 1.165) is 16.9 Å². The SMILES string of the molecule is CCOc1cc(C)ccc1CNC(=O)C1(N)CC(OCC)C1(C)C. The van der Waals surface area contributed by atoms with Gasteiger partial charge in [-0.25, -0.2) is 0 Å². The number of hydrogen-bond acceptors (Lipinski definition) is 4. The first-order valence-electron chi connectivity index (χ1n) is 8.67. The van der Waals surface area contributed by atoms with E-state index in [1.807, 2.05) is 52.8 Å². The summed E-state index contributed by atoms with van der Waals surface area (Å²) in [5.74, 6) is 0.676. The Bertz CT molecular complexity index is 600. The van der Waals surface area contributed by atoms with E-state index >= 15 is 0 Å². The lowest BCUT2D eigenvalue weighted by Crippen LogP contribution is -2.75. The predicted molar refractivity (Wildman–Crippen MR) is 94.9 cm³/mol. The Kier molecular flexibility index (Phi) is 5.56. The zero-order valence-corrected chi connectivity index (χ0v) is 15.4. The normalized spacial score (nSPS) is 25.0. The number of nitrogens with one attached hydrogen (secondary N) is 1. The molecule has 1 aliphatic rings. The molecule has 5 nitrogen and oxygen atoms in total. The standard InChI is InChI=1S/C19H30N2O3/c1-6-23-15-10-13(3)8-9-14(15)12-21-17(22)19(20)11-16(24-7-2)18(19,4)5/h8-10,16H,6-7,11-12,20H2,1-5H3,(H,21,22). The highest BCUT2D eigenvalue weighted by molar-refractivity contribution is 5.88. The number of carbonyl (C=O) groups excluding carboxylic acids is 1. The lowest BCUT2D eigenvalue weighted by Gasteiger charge is -2.57. The van der Waals surface area contributed by atoms with Gasteiger partial charge < -0.3 is 20.5 Å². The molecule has 0 bridgehead atoms. The average Bonchev–Trinajstić information content (AvgIpc) is 2.53. The molecule has 0 aromatic heterocycles. The van der Waals surface area contributed by atoms with Gasteiger partial charge in [-0.3, -0.25) is 4.79 Å². The van der Waals surface area contributed by atoms with Crippen molar-refractivity contribution >= 4 is 5.91 Å². The van der Waals surface area contributed by atoms with Crippen LogP contribution in [0, 0.1) is 12.3 Å². The Morgan fingerprint density at radius 1 is 1.33 bits per heavy atom. The summed E-state index contributed by atoms with van der Waals surface area (Å²) in [6.45, 7) is 11.5. The van der Waals surface area contributed by atoms with Gasteiger partial charge in [0.1, 0.15) is 11.3 Å². The molecule has 134 valence electrons. The second-order valence-corrected chi connectivity index (χ2v) is 7.07. The van der Waals surface area contributed by atoms with Crippen LogP contribution in [0.1, 0.15) is 45.2 Å². The summed E-state index contributed by atoms with van der Waals surface area (Å²) in [5.41, 5.74) is 7.21. The number of aryl methyl sites for hydroxylation is 1. The van der Waals surface area contributed by atoms with Gasteiger partial charge in [-0.1, -0.05) is 26.0 Å². The fourth-order valence-electron chi connectivity index (χ4n) is 3.25. The molecule has 0 radical (unpaired) electrons. The molecule has 0 spiro atoms. The van der Waals surface area contributed by atoms with Crippen LogP contribution in [0.5, 0.6) is 5.75 Å². The van der Waals surface area contributed by atoms with E-state index in [1.54, 1.807) is 0 Å². The molecule has 1 amide bonds. The second-order valence-electron chi connectivity index (χ2n) is 7.07. The molecule has 2 atom stereocenters. The molecule has 1 aliphatic carbocycles. The first-order chi connectivity index (χ1) is 11.3. The summed E-state index contributed by atoms with van der Waals surface area (Å²) in [4.78, 5) is 12.7. The van der Waals surface area contributed by atoms with Gasteiger partial charge in [0.15, 0.2) is 0 Å². The molecule has 2 unspecified atom stereocenters. The molecular formula is C19H30N2O3. The molecule has 0 heterocycles. The van der Waals surface area contributed by atoms with Crippen molar-refractivity contribution in [2.45, 2.75) is 59.2 Å². The maximum Gasteiger partial charge on any atom is 0.241 e. The van der Waals surface area contributed by atoms with Crippen molar-refractivity contribution in [2.75, 3.05) is 13.2 Å². The number of benzene rings is 1. The predicted octanol–water partition coefficient (Wildman–Crippen LogP) is 2.54. The molecule has 1 aromatic carbocycles. The van der Waals surface area contributed by atoms with E-state index in [-0.39, 0.29) is 17.4 Å². The third kappa shape index (κ3) is 3.28. The highest BCUT2D eigenvalue weighted by Gasteiger charge is 2.62. The monoisotopic (exact) mass is 334 g/mol. The Morgan fingerprint density at radius 3 is 2.62 bits per heavy atom. The van der Waals surface area contributed by atoms with Crippen LogP contribution in [-0.2, 0) is 16.1 Å². The third-order valence-corrected chi connectivity index (χ3v) is 5.20. The van der Waals surface area contributed by atoms with Gasteiger partial charge in [-0.2, -0.15) is 0 Å². The maximum absolute atomic E-state index is 12.7. The summed E-state index contributed by atoms with van der Waals surface area (Å²) < 4.78 is 11.3. The molecule has 2 rings (SSSR count). The van der Waals surface area contributed by atoms with E-state index < -0.39 is 5.54 Å². The topological polar surface area (TPSA) is 73.6 Å². The lowest BCUT2D eigenvalue weighted by molar-refractivity contribution is -0.170. The van der Waals surface area contributed by atoms with Gasteiger partial charge in [0.05, 0.1) is 12.7 Å². The van der Waals surface area contributed by atoms with Crippen molar-refractivity contribution in [3.05, 3.63) is 29.3 Å². The molecule has 1 saturated carbocycles. The second kappa shape index (κ2) is 7.11. The van der Waals surface area contributed by atoms with Gasteiger partial charge in [0, 0.05) is 30.6 Å². The van der Waals surface area contributed by atoms with Crippen LogP contribution in [0.3, 0.4) is 0 Å². The Balaban J connectivity index is 2.04. The van der Waals surface area contributed by atoms with Gasteiger partial charge in [0.2, 0.25) is 5.91 Å². The number of nitrogens with two attached hydrogens (primary N) is 1. The summed E-state index contributed by atoms with van der Waals surface area (Å²) in [7, 11) is 0. The van der Waals surface area contributed by atoms with Crippen LogP contribution in [0.4, 0.5) is 0 Å². The number of rotatable bonds is 7. The maximum atomic E-state index is 12.7. The van der Waals surface area contributed by atoms with E-state index in [9.17, 15) is 4.79 Å². The summed E-state index contributed by atoms with van der Waals surface area (Å²) in [5, 5.41) is 2.98. The van der Waals surface area contributed by atoms with Crippen molar-refractivity contribution in [3.63, 3.8) is 0 Å². The third-order valence-electron chi connectivity index (χ3n) is 5.20. The number of amides is 1. The molecule has 1 fully saturated rings. The van der Waals surface area contributed by atoms with Gasteiger partial charge >= 0.3 is 0 Å². The Morgan fingerprint density at radius 2 is 2.04 bits per heavy atom. The highest BCUT2D eigenvalue weighted by Crippen LogP contribution is 2.49. The van der Waals surface area contributed by atoms with Gasteiger partial charge in [0.25, 0.3) is 0 Å². The highest BCUT2D eigenvalue weighted by atomic mass is 16.5. The van der Waals surface area contributed by atoms with Crippen LogP contribution < -0.4 is 15.8 Å². The van der Waals surface area contributed by atoms with E-state index in [1.165, 1.54) is 0 Å². The van der Waals surface area contributed by atoms with Crippen LogP contribution in [0.15, 0.2) is 18.2 Å². The van der Waals surface area contributed by atoms with Gasteiger partial charge in [-0.15, -0.1) is 0 Å². The zero-order valence-electron chi connectivity index (χ0n) is 15.4. The van der Waals surface area contributed by atoms with Gasteiger partial charge in [-0.05, 0) is 32.4 Å². The van der Waals surface area contributed by atoms with Crippen LogP contribution in [0.25, 0.3) is 0 Å². The minimum Gasteiger partial charge on any atom is -0.494 e. The lowest BCUT2D eigenvalue weighted by atomic mass is 9.54. The molecule has 0 aliphatic heterocycles. The van der Waals surface area contributed by atoms with Crippen molar-refractivity contribution in [2.24, 2.45) is 11.1 Å². The van der Waals surface area contributed by atoms with Crippen molar-refractivity contribution in [3.8, 4) is 5.75 Å². The first-order valence-corrected chi connectivity index (χ1v) is 8.67. The summed E-state index contributed by atoms with van der Waals surface area (Å²) in [6.07, 6.45) is 0.572. The van der Waals surface area contributed by atoms with Crippen molar-refractivity contribution < 1.29 is 14.3 Å². The zero-order chi connectivity index (χ0) is 18.0. The summed E-state index contributed by atoms with van der Waals surface area (Å²) >= 11 is 0. The smallest absolute Gasteiger partial charge is 0.241 e. The van der Waals surface area contributed by atoms with E-state index in [4.69, 9.17) is 15.2 Å². The minimum atomic E-state index is -0.899. The van der Waals surface area contributed by atoms with Crippen LogP contribution >= 0.6 is 0 Å². The first kappa shape index (κ1) is 18.7. The Hall–Kier alpha value is -1.59. The fraction of sp³-hybridized carbons (Fsp3) is 0.632. The molecule has 5 heteroatoms. The largest absolute Gasteiger partial charge is 0.494 e. The number of hydrogen-bond donors (Lipinski definition) is 2. The van der Waals surface area contributed by atoms with Crippen LogP contribution in [0.2, 0.25) is 0 Å². The minimum absolute atomic E-state index is 0.0246. The van der Waals surface area contributed by atoms with Crippen LogP contribution in [-0.4, -0.2) is 30.8 Å². The van der Waals surface area contributed by atoms with Crippen molar-refractivity contribution in [1.29, 1.82) is 0 Å². The molecule has 3 N–H and O–H groups in total. The average molecular weight is 334 g/mol. The quantitative estimate of drug-likeness (QED) is 0.804. The number of ether oxygens (including phenoxy) is 2. The number of carbonyl (C=O) groups is 1. The summed E-state index contributed by atoms with van der Waals surface area (Å²) in [6, 6.07) is 5.99.